The van der Waals surface area contributed by atoms with E-state index in [1.807, 2.05) is 0 Å². The number of carbonyl (C=O) groups is 1. The van der Waals surface area contributed by atoms with E-state index >= 15 is 0 Å². The summed E-state index contributed by atoms with van der Waals surface area (Å²) in [6.07, 6.45) is -5.19. The van der Waals surface area contributed by atoms with Gasteiger partial charge in [0.25, 0.3) is 0 Å². The molecule has 9 heteroatoms. The molecule has 0 aliphatic heterocycles. The highest BCUT2D eigenvalue weighted by Gasteiger charge is 2.38. The molecule has 2 rings (SSSR count). The van der Waals surface area contributed by atoms with E-state index in [9.17, 15) is 28.1 Å². The highest BCUT2D eigenvalue weighted by Crippen LogP contribution is 2.41. The first kappa shape index (κ1) is 16.8. The van der Waals surface area contributed by atoms with Gasteiger partial charge >= 0.3 is 12.0 Å². The van der Waals surface area contributed by atoms with Crippen LogP contribution >= 0.6 is 11.6 Å². The van der Waals surface area contributed by atoms with Crippen molar-refractivity contribution >= 4 is 23.1 Å². The fraction of sp³-hybridized carbons (Fsp3) is 0.0714. The number of hydrogen-bond donors (Lipinski definition) is 0. The number of ether oxygens (including phenoxy) is 1. The van der Waals surface area contributed by atoms with E-state index < -0.39 is 39.1 Å². The van der Waals surface area contributed by atoms with Crippen LogP contribution in [0, 0.1) is 10.1 Å². The molecular weight excluding hydrogens is 339 g/mol. The van der Waals surface area contributed by atoms with Crippen molar-refractivity contribution in [2.24, 2.45) is 0 Å². The minimum Gasteiger partial charge on any atom is -0.397 e. The van der Waals surface area contributed by atoms with Gasteiger partial charge in [0.05, 0.1) is 9.95 Å². The Labute approximate surface area is 132 Å². The molecule has 0 aromatic heterocycles. The first-order valence-corrected chi connectivity index (χ1v) is 6.41. The second-order valence-electron chi connectivity index (χ2n) is 4.27. The molecule has 5 nitrogen and oxygen atoms in total. The van der Waals surface area contributed by atoms with Crippen LogP contribution in [0.1, 0.15) is 15.9 Å². The topological polar surface area (TPSA) is 69.4 Å². The SMILES string of the molecule is O=C(c1ccccc1)c1ccc(Cl)c(OC(F)(F)F)c1[N+](=O)[O-]. The zero-order valence-corrected chi connectivity index (χ0v) is 11.9. The van der Waals surface area contributed by atoms with Gasteiger partial charge in [-0.25, -0.2) is 0 Å². The van der Waals surface area contributed by atoms with Gasteiger partial charge < -0.3 is 4.74 Å². The van der Waals surface area contributed by atoms with Gasteiger partial charge in [-0.1, -0.05) is 41.9 Å². The molecule has 2 aromatic rings. The molecule has 2 aromatic carbocycles. The molecule has 23 heavy (non-hydrogen) atoms. The van der Waals surface area contributed by atoms with E-state index in [1.54, 1.807) is 6.07 Å². The molecule has 0 saturated carbocycles. The number of nitro groups is 1. The zero-order valence-electron chi connectivity index (χ0n) is 11.1. The van der Waals surface area contributed by atoms with E-state index in [1.165, 1.54) is 24.3 Å². The van der Waals surface area contributed by atoms with Crippen molar-refractivity contribution in [2.45, 2.75) is 6.36 Å². The maximum Gasteiger partial charge on any atom is 0.573 e. The number of hydrogen-bond acceptors (Lipinski definition) is 4. The second-order valence-corrected chi connectivity index (χ2v) is 4.68. The van der Waals surface area contributed by atoms with Crippen molar-refractivity contribution in [1.29, 1.82) is 0 Å². The third-order valence-corrected chi connectivity index (χ3v) is 3.06. The molecule has 0 aliphatic carbocycles. The molecular formula is C14H7ClF3NO4. The Morgan fingerprint density at radius 1 is 1.13 bits per heavy atom. The van der Waals surface area contributed by atoms with Gasteiger partial charge in [0.2, 0.25) is 5.75 Å². The Hall–Kier alpha value is -2.61. The summed E-state index contributed by atoms with van der Waals surface area (Å²) in [6.45, 7) is 0. The Kier molecular flexibility index (Phi) is 4.55. The minimum atomic E-state index is -5.19. The van der Waals surface area contributed by atoms with Crippen LogP contribution in [0.2, 0.25) is 5.02 Å². The summed E-state index contributed by atoms with van der Waals surface area (Å²) in [5, 5.41) is 10.5. The first-order valence-electron chi connectivity index (χ1n) is 6.03. The molecule has 0 saturated heterocycles. The molecule has 120 valence electrons. The molecule has 0 unspecified atom stereocenters. The molecule has 0 bridgehead atoms. The highest BCUT2D eigenvalue weighted by molar-refractivity contribution is 6.33. The fourth-order valence-corrected chi connectivity index (χ4v) is 2.06. The maximum absolute atomic E-state index is 12.4. The predicted octanol–water partition coefficient (Wildman–Crippen LogP) is 4.38. The Bertz CT molecular complexity index is 763. The van der Waals surface area contributed by atoms with Gasteiger partial charge in [-0.3, -0.25) is 14.9 Å². The van der Waals surface area contributed by atoms with Gasteiger partial charge in [0, 0.05) is 5.56 Å². The van der Waals surface area contributed by atoms with Gasteiger partial charge in [-0.05, 0) is 12.1 Å². The number of alkyl halides is 3. The lowest BCUT2D eigenvalue weighted by Crippen LogP contribution is -2.19. The molecule has 0 atom stereocenters. The lowest BCUT2D eigenvalue weighted by molar-refractivity contribution is -0.388. The fourth-order valence-electron chi connectivity index (χ4n) is 1.87. The normalized spacial score (nSPS) is 11.1. The number of benzene rings is 2. The smallest absolute Gasteiger partial charge is 0.397 e. The quantitative estimate of drug-likeness (QED) is 0.468. The molecule has 0 N–H and O–H groups in total. The average Bonchev–Trinajstić information content (AvgIpc) is 2.47. The van der Waals surface area contributed by atoms with Crippen LogP contribution in [0.4, 0.5) is 18.9 Å². The number of halogens is 4. The number of ketones is 1. The van der Waals surface area contributed by atoms with Crippen LogP contribution in [0.5, 0.6) is 5.75 Å². The van der Waals surface area contributed by atoms with E-state index in [4.69, 9.17) is 11.6 Å². The summed E-state index contributed by atoms with van der Waals surface area (Å²) < 4.78 is 40.9. The van der Waals surface area contributed by atoms with E-state index in [0.717, 1.165) is 12.1 Å². The number of carbonyl (C=O) groups excluding carboxylic acids is 1. The zero-order chi connectivity index (χ0) is 17.2. The third kappa shape index (κ3) is 3.78. The van der Waals surface area contributed by atoms with Crippen molar-refractivity contribution in [1.82, 2.24) is 0 Å². The van der Waals surface area contributed by atoms with E-state index in [2.05, 4.69) is 4.74 Å². The van der Waals surface area contributed by atoms with Crippen molar-refractivity contribution < 1.29 is 27.6 Å². The molecule has 0 spiro atoms. The van der Waals surface area contributed by atoms with Gasteiger partial charge in [0.1, 0.15) is 5.56 Å². The van der Waals surface area contributed by atoms with Crippen LogP contribution in [-0.4, -0.2) is 17.1 Å². The predicted molar refractivity (Wildman–Crippen MR) is 74.7 cm³/mol. The summed E-state index contributed by atoms with van der Waals surface area (Å²) in [5.41, 5.74) is -1.61. The number of rotatable bonds is 4. The van der Waals surface area contributed by atoms with E-state index in [0.29, 0.717) is 0 Å². The average molecular weight is 346 g/mol. The Morgan fingerprint density at radius 3 is 2.26 bits per heavy atom. The summed E-state index contributed by atoms with van der Waals surface area (Å²) in [5.74, 6) is -2.04. The summed E-state index contributed by atoms with van der Waals surface area (Å²) >= 11 is 5.56. The molecule has 0 fully saturated rings. The van der Waals surface area contributed by atoms with Crippen LogP contribution in [0.25, 0.3) is 0 Å². The van der Waals surface area contributed by atoms with E-state index in [-0.39, 0.29) is 5.56 Å². The number of nitro benzene ring substituents is 1. The van der Waals surface area contributed by atoms with Gasteiger partial charge in [-0.2, -0.15) is 0 Å². The lowest BCUT2D eigenvalue weighted by Gasteiger charge is -2.12. The van der Waals surface area contributed by atoms with Gasteiger partial charge in [-0.15, -0.1) is 13.2 Å². The summed E-state index contributed by atoms with van der Waals surface area (Å²) in [4.78, 5) is 22.3. The van der Waals surface area contributed by atoms with Crippen LogP contribution in [0.15, 0.2) is 42.5 Å². The monoisotopic (exact) mass is 345 g/mol. The van der Waals surface area contributed by atoms with Gasteiger partial charge in [0.15, 0.2) is 5.78 Å². The van der Waals surface area contributed by atoms with Crippen LogP contribution < -0.4 is 4.74 Å². The van der Waals surface area contributed by atoms with Crippen molar-refractivity contribution in [3.63, 3.8) is 0 Å². The molecule has 0 heterocycles. The van der Waals surface area contributed by atoms with Crippen LogP contribution in [0.3, 0.4) is 0 Å². The first-order chi connectivity index (χ1) is 10.7. The van der Waals surface area contributed by atoms with Crippen molar-refractivity contribution in [2.75, 3.05) is 0 Å². The Balaban J connectivity index is 2.63. The molecule has 0 aliphatic rings. The second kappa shape index (κ2) is 6.25. The third-order valence-electron chi connectivity index (χ3n) is 2.76. The van der Waals surface area contributed by atoms with Crippen molar-refractivity contribution in [3.8, 4) is 5.75 Å². The standard InChI is InChI=1S/C14H7ClF3NO4/c15-10-7-6-9(12(20)8-4-2-1-3-5-8)11(19(21)22)13(10)23-14(16,17)18/h1-7H. The Morgan fingerprint density at radius 2 is 1.74 bits per heavy atom. The minimum absolute atomic E-state index is 0.0795. The largest absolute Gasteiger partial charge is 0.573 e. The number of nitrogens with zero attached hydrogens (tertiary/aromatic N) is 1. The molecule has 0 radical (unpaired) electrons. The summed E-state index contributed by atoms with van der Waals surface area (Å²) in [6, 6.07) is 9.33. The molecule has 0 amide bonds. The van der Waals surface area contributed by atoms with Crippen LogP contribution in [-0.2, 0) is 0 Å². The summed E-state index contributed by atoms with van der Waals surface area (Å²) in [7, 11) is 0. The lowest BCUT2D eigenvalue weighted by atomic mass is 10.0. The van der Waals surface area contributed by atoms with Crippen molar-refractivity contribution in [3.05, 3.63) is 68.7 Å². The maximum atomic E-state index is 12.4. The highest BCUT2D eigenvalue weighted by atomic mass is 35.5.